The summed E-state index contributed by atoms with van der Waals surface area (Å²) >= 11 is 6.47. The number of aromatic amines is 1. The summed E-state index contributed by atoms with van der Waals surface area (Å²) in [6.45, 7) is 2.02. The van der Waals surface area contributed by atoms with Crippen LogP contribution in [0.15, 0.2) is 23.2 Å². The van der Waals surface area contributed by atoms with E-state index in [4.69, 9.17) is 23.4 Å². The third-order valence-corrected chi connectivity index (χ3v) is 4.06. The second-order valence-electron chi connectivity index (χ2n) is 4.12. The summed E-state index contributed by atoms with van der Waals surface area (Å²) in [5.74, 6) is 0.796. The van der Waals surface area contributed by atoms with Gasteiger partial charge in [-0.2, -0.15) is 0 Å². The van der Waals surface area contributed by atoms with E-state index in [2.05, 4.69) is 9.98 Å². The van der Waals surface area contributed by atoms with Crippen LogP contribution in [0.2, 0.25) is 0 Å². The molecule has 1 aromatic carbocycles. The van der Waals surface area contributed by atoms with Crippen molar-refractivity contribution in [2.75, 3.05) is 5.73 Å². The molecule has 4 N–H and O–H groups in total. The predicted octanol–water partition coefficient (Wildman–Crippen LogP) is 2.87. The van der Waals surface area contributed by atoms with E-state index in [1.54, 1.807) is 0 Å². The summed E-state index contributed by atoms with van der Waals surface area (Å²) in [5.41, 5.74) is 9.57. The van der Waals surface area contributed by atoms with Gasteiger partial charge in [0.2, 0.25) is 0 Å². The molecule has 0 radical (unpaired) electrons. The number of amidine groups is 1. The zero-order valence-electron chi connectivity index (χ0n) is 9.57. The average Bonchev–Trinajstić information content (AvgIpc) is 2.79. The van der Waals surface area contributed by atoms with Crippen molar-refractivity contribution in [3.8, 4) is 0 Å². The maximum absolute atomic E-state index is 7.90. The van der Waals surface area contributed by atoms with E-state index in [-0.39, 0.29) is 5.84 Å². The van der Waals surface area contributed by atoms with Crippen LogP contribution in [0.3, 0.4) is 0 Å². The summed E-state index contributed by atoms with van der Waals surface area (Å²) < 4.78 is 0.623. The van der Waals surface area contributed by atoms with Gasteiger partial charge in [0, 0.05) is 11.1 Å². The highest BCUT2D eigenvalue weighted by molar-refractivity contribution is 7.73. The monoisotopic (exact) mass is 274 g/mol. The van der Waals surface area contributed by atoms with Crippen molar-refractivity contribution in [3.63, 3.8) is 0 Å². The molecule has 3 rings (SSSR count). The van der Waals surface area contributed by atoms with Crippen molar-refractivity contribution >= 4 is 40.9 Å². The van der Waals surface area contributed by atoms with Gasteiger partial charge in [-0.1, -0.05) is 17.7 Å². The molecule has 0 aliphatic carbocycles. The molecular weight excluding hydrogens is 264 g/mol. The molecule has 18 heavy (non-hydrogen) atoms. The second kappa shape index (κ2) is 3.86. The first kappa shape index (κ1) is 11.3. The lowest BCUT2D eigenvalue weighted by molar-refractivity contribution is 1.39. The van der Waals surface area contributed by atoms with E-state index in [1.807, 2.05) is 25.1 Å². The Morgan fingerprint density at radius 1 is 1.39 bits per heavy atom. The van der Waals surface area contributed by atoms with Gasteiger partial charge in [-0.05, 0) is 25.2 Å². The predicted molar refractivity (Wildman–Crippen MR) is 77.6 cm³/mol. The van der Waals surface area contributed by atoms with Gasteiger partial charge >= 0.3 is 0 Å². The summed E-state index contributed by atoms with van der Waals surface area (Å²) in [4.78, 5) is 8.02. The molecule has 0 saturated heterocycles. The smallest absolute Gasteiger partial charge is 0.160 e. The highest BCUT2D eigenvalue weighted by Crippen LogP contribution is 2.29. The van der Waals surface area contributed by atoms with Crippen LogP contribution in [-0.4, -0.2) is 16.5 Å². The Kier molecular flexibility index (Phi) is 2.42. The number of hydrogen-bond donors (Lipinski definition) is 3. The second-order valence-corrected chi connectivity index (χ2v) is 5.80. The summed E-state index contributed by atoms with van der Waals surface area (Å²) in [7, 11) is 0. The molecule has 4 nitrogen and oxygen atoms in total. The maximum atomic E-state index is 7.90. The number of hydrogen-bond acceptors (Lipinski definition) is 4. The molecule has 0 saturated carbocycles. The third-order valence-electron chi connectivity index (χ3n) is 2.80. The van der Waals surface area contributed by atoms with Crippen molar-refractivity contribution < 1.29 is 0 Å². The van der Waals surface area contributed by atoms with Gasteiger partial charge in [0.15, 0.2) is 9.79 Å². The third kappa shape index (κ3) is 1.61. The lowest BCUT2D eigenvalue weighted by Gasteiger charge is -2.02. The number of fused-ring (bicyclic) bond motifs is 1. The first-order valence-corrected chi connectivity index (χ1v) is 6.56. The van der Waals surface area contributed by atoms with Gasteiger partial charge in [0.05, 0.1) is 10.6 Å². The minimum absolute atomic E-state index is 0.277. The number of nitrogens with two attached hydrogens (primary N) is 1. The largest absolute Gasteiger partial charge is 0.384 e. The molecular formula is C12H10N4S2. The van der Waals surface area contributed by atoms with Crippen molar-refractivity contribution in [3.05, 3.63) is 43.7 Å². The van der Waals surface area contributed by atoms with E-state index in [0.29, 0.717) is 9.77 Å². The average molecular weight is 274 g/mol. The molecule has 0 fully saturated rings. The van der Waals surface area contributed by atoms with Crippen molar-refractivity contribution in [1.82, 2.24) is 4.98 Å². The summed E-state index contributed by atoms with van der Waals surface area (Å²) in [5, 5.41) is 7.90. The molecule has 0 spiro atoms. The van der Waals surface area contributed by atoms with Crippen LogP contribution in [-0.2, 0) is 0 Å². The van der Waals surface area contributed by atoms with E-state index in [9.17, 15) is 0 Å². The normalized spacial score (nSPS) is 13.6. The van der Waals surface area contributed by atoms with Gasteiger partial charge in [0.1, 0.15) is 5.82 Å². The number of H-pyrrole nitrogens is 1. The molecule has 0 unspecified atom stereocenters. The SMILES string of the molecule is Cc1ccc2c(c1)C(c1sc(=S)[nH]c1N)=NC2=N. The molecule has 1 aliphatic heterocycles. The van der Waals surface area contributed by atoms with Crippen LogP contribution in [0.25, 0.3) is 0 Å². The summed E-state index contributed by atoms with van der Waals surface area (Å²) in [6.07, 6.45) is 0. The number of nitrogens with zero attached hydrogens (tertiary/aromatic N) is 1. The zero-order chi connectivity index (χ0) is 12.9. The molecule has 0 atom stereocenters. The Hall–Kier alpha value is -1.79. The molecule has 1 aliphatic rings. The topological polar surface area (TPSA) is 78.0 Å². The Bertz CT molecular complexity index is 752. The van der Waals surface area contributed by atoms with E-state index in [0.717, 1.165) is 27.3 Å². The molecule has 0 amide bonds. The van der Waals surface area contributed by atoms with Gasteiger partial charge in [0.25, 0.3) is 0 Å². The van der Waals surface area contributed by atoms with Gasteiger partial charge < -0.3 is 10.7 Å². The fourth-order valence-electron chi connectivity index (χ4n) is 1.98. The number of anilines is 1. The van der Waals surface area contributed by atoms with Gasteiger partial charge in [-0.15, -0.1) is 11.3 Å². The van der Waals surface area contributed by atoms with Crippen LogP contribution in [0.4, 0.5) is 5.82 Å². The summed E-state index contributed by atoms with van der Waals surface area (Å²) in [6, 6.07) is 5.93. The van der Waals surface area contributed by atoms with E-state index >= 15 is 0 Å². The number of rotatable bonds is 1. The molecule has 2 heterocycles. The lowest BCUT2D eigenvalue weighted by atomic mass is 10.0. The fraction of sp³-hybridized carbons (Fsp3) is 0.0833. The number of aryl methyl sites for hydroxylation is 1. The quantitative estimate of drug-likeness (QED) is 0.699. The molecule has 1 aromatic heterocycles. The van der Waals surface area contributed by atoms with Crippen LogP contribution in [0.5, 0.6) is 0 Å². The Morgan fingerprint density at radius 2 is 2.17 bits per heavy atom. The molecule has 6 heteroatoms. The number of nitrogen functional groups attached to an aromatic ring is 1. The molecule has 2 aromatic rings. The Balaban J connectivity index is 2.25. The van der Waals surface area contributed by atoms with Crippen molar-refractivity contribution in [2.45, 2.75) is 6.92 Å². The first-order chi connectivity index (χ1) is 8.56. The minimum atomic E-state index is 0.277. The maximum Gasteiger partial charge on any atom is 0.160 e. The van der Waals surface area contributed by atoms with Gasteiger partial charge in [-0.3, -0.25) is 5.41 Å². The van der Waals surface area contributed by atoms with Crippen molar-refractivity contribution in [1.29, 1.82) is 5.41 Å². The molecule has 90 valence electrons. The van der Waals surface area contributed by atoms with Gasteiger partial charge in [-0.25, -0.2) is 4.99 Å². The highest BCUT2D eigenvalue weighted by Gasteiger charge is 2.24. The van der Waals surface area contributed by atoms with Crippen LogP contribution in [0, 0.1) is 16.3 Å². The van der Waals surface area contributed by atoms with Crippen molar-refractivity contribution in [2.24, 2.45) is 4.99 Å². The number of nitrogens with one attached hydrogen (secondary N) is 2. The fourth-order valence-corrected chi connectivity index (χ4v) is 3.10. The standard InChI is InChI=1S/C12H10N4S2/c1-5-2-3-6-7(4-5)8(15-10(6)13)9-11(14)16-12(17)18-9/h2-4,13H,14H2,1H3,(H,16,17). The Morgan fingerprint density at radius 3 is 2.83 bits per heavy atom. The number of benzene rings is 1. The van der Waals surface area contributed by atoms with Crippen LogP contribution >= 0.6 is 23.6 Å². The van der Waals surface area contributed by atoms with E-state index in [1.165, 1.54) is 11.3 Å². The number of aliphatic imine (C=N–C) groups is 1. The van der Waals surface area contributed by atoms with Crippen LogP contribution in [0.1, 0.15) is 21.6 Å². The highest BCUT2D eigenvalue weighted by atomic mass is 32.1. The number of aromatic nitrogens is 1. The van der Waals surface area contributed by atoms with E-state index < -0.39 is 0 Å². The molecule has 0 bridgehead atoms. The zero-order valence-corrected chi connectivity index (χ0v) is 11.2. The van der Waals surface area contributed by atoms with Crippen LogP contribution < -0.4 is 5.73 Å². The Labute approximate surface area is 113 Å². The number of thiazole rings is 1. The lowest BCUT2D eigenvalue weighted by Crippen LogP contribution is -2.02. The minimum Gasteiger partial charge on any atom is -0.384 e. The first-order valence-electron chi connectivity index (χ1n) is 5.34.